The van der Waals surface area contributed by atoms with Gasteiger partial charge in [-0.25, -0.2) is 0 Å². The molecule has 0 bridgehead atoms. The first-order chi connectivity index (χ1) is 8.78. The van der Waals surface area contributed by atoms with E-state index in [1.807, 2.05) is 25.1 Å². The number of aromatic nitrogens is 4. The molecule has 0 fully saturated rings. The lowest BCUT2D eigenvalue weighted by Crippen LogP contribution is -1.92. The van der Waals surface area contributed by atoms with Gasteiger partial charge in [0.25, 0.3) is 0 Å². The van der Waals surface area contributed by atoms with E-state index in [0.717, 1.165) is 27.7 Å². The minimum atomic E-state index is 0.319. The number of aryl methyl sites for hydroxylation is 1. The van der Waals surface area contributed by atoms with Crippen molar-refractivity contribution in [3.63, 3.8) is 0 Å². The summed E-state index contributed by atoms with van der Waals surface area (Å²) in [6, 6.07) is 9.47. The molecule has 0 aliphatic heterocycles. The van der Waals surface area contributed by atoms with E-state index in [-0.39, 0.29) is 0 Å². The Morgan fingerprint density at radius 2 is 2.11 bits per heavy atom. The topological polar surface area (TPSA) is 78.2 Å². The van der Waals surface area contributed by atoms with Crippen molar-refractivity contribution in [2.45, 2.75) is 6.92 Å². The zero-order valence-corrected chi connectivity index (χ0v) is 9.68. The normalized spacial score (nSPS) is 10.4. The quantitative estimate of drug-likeness (QED) is 0.701. The summed E-state index contributed by atoms with van der Waals surface area (Å²) in [6.07, 6.45) is 1.79. The number of nitrogens with one attached hydrogen (secondary N) is 1. The predicted molar refractivity (Wildman–Crippen MR) is 66.6 cm³/mol. The van der Waals surface area contributed by atoms with Crippen LogP contribution in [-0.2, 0) is 0 Å². The summed E-state index contributed by atoms with van der Waals surface area (Å²) in [5, 5.41) is 24.6. The molecule has 5 heteroatoms. The largest absolute Gasteiger partial charge is 0.278 e. The highest BCUT2D eigenvalue weighted by Gasteiger charge is 2.07. The Balaban J connectivity index is 2.17. The smallest absolute Gasteiger partial charge is 0.163 e. The second-order valence-corrected chi connectivity index (χ2v) is 4.04. The van der Waals surface area contributed by atoms with Crippen LogP contribution in [0, 0.1) is 18.3 Å². The Morgan fingerprint density at radius 3 is 2.83 bits per heavy atom. The second-order valence-electron chi connectivity index (χ2n) is 4.04. The third kappa shape index (κ3) is 1.60. The molecule has 3 aromatic rings. The number of H-pyrrole nitrogens is 1. The molecule has 2 aromatic heterocycles. The number of aromatic amines is 1. The number of benzene rings is 1. The van der Waals surface area contributed by atoms with Crippen molar-refractivity contribution in [1.29, 1.82) is 5.26 Å². The molecule has 0 aliphatic rings. The van der Waals surface area contributed by atoms with Crippen molar-refractivity contribution in [3.05, 3.63) is 41.7 Å². The minimum absolute atomic E-state index is 0.319. The van der Waals surface area contributed by atoms with Gasteiger partial charge in [-0.15, -0.1) is 10.2 Å². The molecule has 0 radical (unpaired) electrons. The number of nitriles is 1. The highest BCUT2D eigenvalue weighted by atomic mass is 15.1. The van der Waals surface area contributed by atoms with Gasteiger partial charge in [0.2, 0.25) is 0 Å². The first-order valence-corrected chi connectivity index (χ1v) is 5.46. The van der Waals surface area contributed by atoms with E-state index in [1.165, 1.54) is 0 Å². The molecule has 18 heavy (non-hydrogen) atoms. The van der Waals surface area contributed by atoms with Gasteiger partial charge in [0.05, 0.1) is 17.4 Å². The molecule has 0 aliphatic carbocycles. The van der Waals surface area contributed by atoms with Crippen LogP contribution in [-0.4, -0.2) is 20.4 Å². The zero-order chi connectivity index (χ0) is 12.5. The Kier molecular flexibility index (Phi) is 2.27. The fourth-order valence-corrected chi connectivity index (χ4v) is 1.92. The van der Waals surface area contributed by atoms with Crippen LogP contribution in [0.3, 0.4) is 0 Å². The molecule has 5 nitrogen and oxygen atoms in total. The SMILES string of the molecule is Cc1cc2cn[nH]c2cc1-c1ccc(C#N)nn1. The van der Waals surface area contributed by atoms with Gasteiger partial charge in [0.1, 0.15) is 6.07 Å². The van der Waals surface area contributed by atoms with Crippen LogP contribution in [0.4, 0.5) is 0 Å². The van der Waals surface area contributed by atoms with Crippen molar-refractivity contribution in [3.8, 4) is 17.3 Å². The van der Waals surface area contributed by atoms with Crippen LogP contribution in [0.1, 0.15) is 11.3 Å². The maximum Gasteiger partial charge on any atom is 0.163 e. The minimum Gasteiger partial charge on any atom is -0.278 e. The molecule has 3 rings (SSSR count). The van der Waals surface area contributed by atoms with Gasteiger partial charge in [-0.2, -0.15) is 10.4 Å². The third-order valence-electron chi connectivity index (χ3n) is 2.84. The number of nitrogens with zero attached hydrogens (tertiary/aromatic N) is 4. The monoisotopic (exact) mass is 235 g/mol. The van der Waals surface area contributed by atoms with Crippen LogP contribution in [0.5, 0.6) is 0 Å². The van der Waals surface area contributed by atoms with Gasteiger partial charge in [-0.05, 0) is 36.8 Å². The lowest BCUT2D eigenvalue weighted by atomic mass is 10.0. The highest BCUT2D eigenvalue weighted by molar-refractivity contribution is 5.85. The summed E-state index contributed by atoms with van der Waals surface area (Å²) in [5.74, 6) is 0. The van der Waals surface area contributed by atoms with Crippen LogP contribution >= 0.6 is 0 Å². The molecule has 0 unspecified atom stereocenters. The molecule has 1 N–H and O–H groups in total. The van der Waals surface area contributed by atoms with E-state index >= 15 is 0 Å². The van der Waals surface area contributed by atoms with Gasteiger partial charge in [0, 0.05) is 10.9 Å². The second kappa shape index (κ2) is 3.93. The van der Waals surface area contributed by atoms with E-state index in [2.05, 4.69) is 20.4 Å². The third-order valence-corrected chi connectivity index (χ3v) is 2.84. The summed E-state index contributed by atoms with van der Waals surface area (Å²) >= 11 is 0. The van der Waals surface area contributed by atoms with Gasteiger partial charge in [0.15, 0.2) is 5.69 Å². The Labute approximate surface area is 103 Å². The maximum absolute atomic E-state index is 8.70. The first kappa shape index (κ1) is 10.4. The standard InChI is InChI=1S/C13H9N5/c1-8-4-9-7-15-17-13(9)5-11(8)12-3-2-10(6-14)16-18-12/h2-5,7H,1H3,(H,15,17). The summed E-state index contributed by atoms with van der Waals surface area (Å²) in [5.41, 5.74) is 4.12. The van der Waals surface area contributed by atoms with E-state index in [9.17, 15) is 0 Å². The van der Waals surface area contributed by atoms with Gasteiger partial charge >= 0.3 is 0 Å². The van der Waals surface area contributed by atoms with Crippen LogP contribution in [0.15, 0.2) is 30.5 Å². The Morgan fingerprint density at radius 1 is 1.22 bits per heavy atom. The Hall–Kier alpha value is -2.74. The van der Waals surface area contributed by atoms with E-state index in [1.54, 1.807) is 18.3 Å². The predicted octanol–water partition coefficient (Wildman–Crippen LogP) is 2.20. The first-order valence-electron chi connectivity index (χ1n) is 5.46. The van der Waals surface area contributed by atoms with Crippen molar-refractivity contribution < 1.29 is 0 Å². The summed E-state index contributed by atoms with van der Waals surface area (Å²) in [4.78, 5) is 0. The van der Waals surface area contributed by atoms with Crippen LogP contribution in [0.25, 0.3) is 22.2 Å². The lowest BCUT2D eigenvalue weighted by Gasteiger charge is -2.04. The molecule has 0 atom stereocenters. The van der Waals surface area contributed by atoms with Crippen LogP contribution in [0.2, 0.25) is 0 Å². The molecule has 0 saturated carbocycles. The summed E-state index contributed by atoms with van der Waals surface area (Å²) in [6.45, 7) is 2.02. The zero-order valence-electron chi connectivity index (χ0n) is 9.68. The van der Waals surface area contributed by atoms with Crippen molar-refractivity contribution in [2.24, 2.45) is 0 Å². The number of rotatable bonds is 1. The highest BCUT2D eigenvalue weighted by Crippen LogP contribution is 2.25. The van der Waals surface area contributed by atoms with Gasteiger partial charge < -0.3 is 0 Å². The fraction of sp³-hybridized carbons (Fsp3) is 0.0769. The fourth-order valence-electron chi connectivity index (χ4n) is 1.92. The molecule has 0 saturated heterocycles. The molecular weight excluding hydrogens is 226 g/mol. The summed E-state index contributed by atoms with van der Waals surface area (Å²) < 4.78 is 0. The van der Waals surface area contributed by atoms with Crippen molar-refractivity contribution >= 4 is 10.9 Å². The average molecular weight is 235 g/mol. The van der Waals surface area contributed by atoms with Gasteiger partial charge in [-0.3, -0.25) is 5.10 Å². The number of fused-ring (bicyclic) bond motifs is 1. The van der Waals surface area contributed by atoms with E-state index in [0.29, 0.717) is 5.69 Å². The molecule has 2 heterocycles. The van der Waals surface area contributed by atoms with Crippen molar-refractivity contribution in [1.82, 2.24) is 20.4 Å². The van der Waals surface area contributed by atoms with E-state index in [4.69, 9.17) is 5.26 Å². The number of hydrogen-bond donors (Lipinski definition) is 1. The maximum atomic E-state index is 8.70. The van der Waals surface area contributed by atoms with E-state index < -0.39 is 0 Å². The van der Waals surface area contributed by atoms with Crippen molar-refractivity contribution in [2.75, 3.05) is 0 Å². The number of hydrogen-bond acceptors (Lipinski definition) is 4. The molecular formula is C13H9N5. The lowest BCUT2D eigenvalue weighted by molar-refractivity contribution is 1.01. The summed E-state index contributed by atoms with van der Waals surface area (Å²) in [7, 11) is 0. The van der Waals surface area contributed by atoms with Crippen LogP contribution < -0.4 is 0 Å². The molecule has 0 spiro atoms. The Bertz CT molecular complexity index is 749. The molecule has 0 amide bonds. The average Bonchev–Trinajstić information content (AvgIpc) is 2.85. The van der Waals surface area contributed by atoms with Gasteiger partial charge in [-0.1, -0.05) is 0 Å². The molecule has 86 valence electrons. The molecule has 1 aromatic carbocycles.